The first-order valence-corrected chi connectivity index (χ1v) is 7.77. The average molecular weight is 448 g/mol. The van der Waals surface area contributed by atoms with Gasteiger partial charge in [-0.25, -0.2) is 4.39 Å². The van der Waals surface area contributed by atoms with Crippen molar-refractivity contribution in [2.75, 3.05) is 11.9 Å². The fraction of sp³-hybridized carbons (Fsp3) is 0.0714. The number of anilines is 1. The van der Waals surface area contributed by atoms with E-state index in [1.54, 1.807) is 0 Å². The Morgan fingerprint density at radius 2 is 1.96 bits per heavy atom. The minimum atomic E-state index is -0.536. The summed E-state index contributed by atoms with van der Waals surface area (Å²) in [4.78, 5) is 22.0. The number of carbonyl (C=O) groups is 1. The number of nitro groups is 1. The number of hydrogen-bond donors (Lipinski definition) is 1. The summed E-state index contributed by atoms with van der Waals surface area (Å²) in [5.74, 6) is -0.566. The fourth-order valence-electron chi connectivity index (χ4n) is 1.64. The van der Waals surface area contributed by atoms with E-state index in [9.17, 15) is 19.3 Å². The van der Waals surface area contributed by atoms with Crippen LogP contribution in [0.1, 0.15) is 0 Å². The molecule has 1 N–H and O–H groups in total. The lowest BCUT2D eigenvalue weighted by Crippen LogP contribution is -2.20. The van der Waals surface area contributed by atoms with Gasteiger partial charge >= 0.3 is 0 Å². The molecule has 0 saturated carbocycles. The second kappa shape index (κ2) is 7.51. The quantitative estimate of drug-likeness (QED) is 0.548. The van der Waals surface area contributed by atoms with Crippen LogP contribution in [0.4, 0.5) is 15.8 Å². The van der Waals surface area contributed by atoms with Gasteiger partial charge in [-0.05, 0) is 56.1 Å². The van der Waals surface area contributed by atoms with Crippen LogP contribution in [0.2, 0.25) is 0 Å². The van der Waals surface area contributed by atoms with Crippen molar-refractivity contribution >= 4 is 49.1 Å². The summed E-state index contributed by atoms with van der Waals surface area (Å²) in [5, 5.41) is 13.2. The summed E-state index contributed by atoms with van der Waals surface area (Å²) in [5.41, 5.74) is 0.281. The number of non-ortho nitro benzene ring substituents is 1. The lowest BCUT2D eigenvalue weighted by molar-refractivity contribution is -0.384. The Hall–Kier alpha value is -2.00. The highest BCUT2D eigenvalue weighted by Gasteiger charge is 2.12. The van der Waals surface area contributed by atoms with E-state index in [0.29, 0.717) is 20.4 Å². The number of halogens is 3. The molecular weight excluding hydrogens is 439 g/mol. The number of ether oxygens (including phenoxy) is 1. The maximum atomic E-state index is 12.9. The van der Waals surface area contributed by atoms with Gasteiger partial charge in [-0.15, -0.1) is 0 Å². The van der Waals surface area contributed by atoms with Gasteiger partial charge in [0.05, 0.1) is 15.1 Å². The van der Waals surface area contributed by atoms with Gasteiger partial charge in [-0.1, -0.05) is 0 Å². The molecule has 6 nitrogen and oxygen atoms in total. The normalized spacial score (nSPS) is 10.2. The zero-order valence-corrected chi connectivity index (χ0v) is 14.6. The van der Waals surface area contributed by atoms with Crippen LogP contribution in [0.25, 0.3) is 0 Å². The lowest BCUT2D eigenvalue weighted by Gasteiger charge is -2.10. The van der Waals surface area contributed by atoms with Crippen LogP contribution in [0.5, 0.6) is 5.75 Å². The molecule has 0 aliphatic carbocycles. The van der Waals surface area contributed by atoms with Gasteiger partial charge < -0.3 is 10.1 Å². The number of nitrogens with one attached hydrogen (secondary N) is 1. The SMILES string of the molecule is O=C(COc1ccc(F)cc1Br)Nc1ccc([N+](=O)[O-])cc1Br. The minimum absolute atomic E-state index is 0.0960. The van der Waals surface area contributed by atoms with E-state index >= 15 is 0 Å². The molecule has 0 heterocycles. The van der Waals surface area contributed by atoms with E-state index in [-0.39, 0.29) is 12.3 Å². The molecule has 9 heteroatoms. The minimum Gasteiger partial charge on any atom is -0.483 e. The van der Waals surface area contributed by atoms with Crippen LogP contribution in [-0.2, 0) is 4.79 Å². The number of benzene rings is 2. The van der Waals surface area contributed by atoms with E-state index in [0.717, 1.165) is 0 Å². The fourth-order valence-corrected chi connectivity index (χ4v) is 2.57. The Labute approximate surface area is 147 Å². The summed E-state index contributed by atoms with van der Waals surface area (Å²) >= 11 is 6.28. The maximum Gasteiger partial charge on any atom is 0.270 e. The molecule has 2 aromatic carbocycles. The molecule has 0 bridgehead atoms. The number of nitrogens with zero attached hydrogens (tertiary/aromatic N) is 1. The molecule has 0 radical (unpaired) electrons. The number of hydrogen-bond acceptors (Lipinski definition) is 4. The molecule has 0 atom stereocenters. The molecule has 120 valence electrons. The Bertz CT molecular complexity index is 770. The van der Waals surface area contributed by atoms with Crippen molar-refractivity contribution in [3.05, 3.63) is 61.3 Å². The van der Waals surface area contributed by atoms with Crippen LogP contribution in [0, 0.1) is 15.9 Å². The predicted octanol–water partition coefficient (Wildman–Crippen LogP) is 4.28. The van der Waals surface area contributed by atoms with Crippen molar-refractivity contribution in [2.45, 2.75) is 0 Å². The first kappa shape index (κ1) is 17.4. The molecule has 0 unspecified atom stereocenters. The van der Waals surface area contributed by atoms with E-state index in [2.05, 4.69) is 37.2 Å². The Morgan fingerprint density at radius 1 is 1.22 bits per heavy atom. The molecule has 0 saturated heterocycles. The maximum absolute atomic E-state index is 12.9. The van der Waals surface area contributed by atoms with Crippen LogP contribution in [0.15, 0.2) is 45.3 Å². The van der Waals surface area contributed by atoms with Crippen molar-refractivity contribution in [2.24, 2.45) is 0 Å². The van der Waals surface area contributed by atoms with Crippen molar-refractivity contribution in [1.82, 2.24) is 0 Å². The lowest BCUT2D eigenvalue weighted by atomic mass is 10.3. The van der Waals surface area contributed by atoms with E-state index in [4.69, 9.17) is 4.74 Å². The van der Waals surface area contributed by atoms with Crippen LogP contribution >= 0.6 is 31.9 Å². The van der Waals surface area contributed by atoms with Crippen LogP contribution < -0.4 is 10.1 Å². The summed E-state index contributed by atoms with van der Waals surface area (Å²) in [6.07, 6.45) is 0. The Balaban J connectivity index is 1.98. The molecule has 1 amide bonds. The van der Waals surface area contributed by atoms with E-state index in [1.807, 2.05) is 0 Å². The van der Waals surface area contributed by atoms with Gasteiger partial charge in [0.2, 0.25) is 0 Å². The standard InChI is InChI=1S/C14H9Br2FN2O4/c15-10-6-9(19(21)22)2-3-12(10)18-14(20)7-23-13-4-1-8(17)5-11(13)16/h1-6H,7H2,(H,18,20). The predicted molar refractivity (Wildman–Crippen MR) is 89.0 cm³/mol. The molecule has 2 rings (SSSR count). The van der Waals surface area contributed by atoms with Gasteiger partial charge in [0, 0.05) is 16.6 Å². The summed E-state index contributed by atoms with van der Waals surface area (Å²) in [6.45, 7) is -0.298. The molecule has 0 aliphatic heterocycles. The number of amides is 1. The molecule has 0 fully saturated rings. The number of rotatable bonds is 5. The third kappa shape index (κ3) is 4.73. The van der Waals surface area contributed by atoms with Crippen LogP contribution in [0.3, 0.4) is 0 Å². The highest BCUT2D eigenvalue weighted by atomic mass is 79.9. The third-order valence-electron chi connectivity index (χ3n) is 2.69. The Kier molecular flexibility index (Phi) is 5.67. The molecule has 0 spiro atoms. The second-order valence-electron chi connectivity index (χ2n) is 4.33. The smallest absolute Gasteiger partial charge is 0.270 e. The summed E-state index contributed by atoms with van der Waals surface area (Å²) in [7, 11) is 0. The van der Waals surface area contributed by atoms with Gasteiger partial charge in [0.25, 0.3) is 11.6 Å². The monoisotopic (exact) mass is 446 g/mol. The molecule has 23 heavy (non-hydrogen) atoms. The topological polar surface area (TPSA) is 81.5 Å². The van der Waals surface area contributed by atoms with Crippen molar-refractivity contribution < 1.29 is 18.8 Å². The van der Waals surface area contributed by atoms with Gasteiger partial charge in [-0.3, -0.25) is 14.9 Å². The van der Waals surface area contributed by atoms with Crippen molar-refractivity contribution in [3.63, 3.8) is 0 Å². The highest BCUT2D eigenvalue weighted by Crippen LogP contribution is 2.28. The zero-order valence-electron chi connectivity index (χ0n) is 11.4. The molecule has 0 aliphatic rings. The van der Waals surface area contributed by atoms with E-state index in [1.165, 1.54) is 36.4 Å². The van der Waals surface area contributed by atoms with Gasteiger partial charge in [0.1, 0.15) is 11.6 Å². The van der Waals surface area contributed by atoms with Crippen molar-refractivity contribution in [1.29, 1.82) is 0 Å². The highest BCUT2D eigenvalue weighted by molar-refractivity contribution is 9.11. The Morgan fingerprint density at radius 3 is 2.57 bits per heavy atom. The second-order valence-corrected chi connectivity index (χ2v) is 6.04. The van der Waals surface area contributed by atoms with E-state index < -0.39 is 16.6 Å². The van der Waals surface area contributed by atoms with Gasteiger partial charge in [-0.2, -0.15) is 0 Å². The molecular formula is C14H9Br2FN2O4. The van der Waals surface area contributed by atoms with Gasteiger partial charge in [0.15, 0.2) is 6.61 Å². The zero-order chi connectivity index (χ0) is 17.0. The first-order chi connectivity index (χ1) is 10.9. The van der Waals surface area contributed by atoms with Crippen LogP contribution in [-0.4, -0.2) is 17.4 Å². The largest absolute Gasteiger partial charge is 0.483 e. The van der Waals surface area contributed by atoms with Crippen molar-refractivity contribution in [3.8, 4) is 5.75 Å². The third-order valence-corrected chi connectivity index (χ3v) is 3.97. The molecule has 0 aromatic heterocycles. The first-order valence-electron chi connectivity index (χ1n) is 6.18. The summed E-state index contributed by atoms with van der Waals surface area (Å²) in [6, 6.07) is 7.80. The number of carbonyl (C=O) groups excluding carboxylic acids is 1. The summed E-state index contributed by atoms with van der Waals surface area (Å²) < 4.78 is 19.0. The number of nitro benzene ring substituents is 1. The molecule has 2 aromatic rings. The average Bonchev–Trinajstić information content (AvgIpc) is 2.48.